The van der Waals surface area contributed by atoms with Crippen molar-refractivity contribution < 1.29 is 19.1 Å². The molecule has 0 amide bonds. The largest absolute Gasteiger partial charge is 0.494 e. The van der Waals surface area contributed by atoms with Crippen LogP contribution in [-0.2, 0) is 0 Å². The summed E-state index contributed by atoms with van der Waals surface area (Å²) in [6, 6.07) is 17.0. The summed E-state index contributed by atoms with van der Waals surface area (Å²) < 4.78 is 13.0. The monoisotopic (exact) mass is 921 g/mol. The Morgan fingerprint density at radius 1 is 0.397 bits per heavy atom. The van der Waals surface area contributed by atoms with Gasteiger partial charge in [0.05, 0.1) is 13.2 Å². The number of Topliss-reactive ketones (excluding diaryl/α,β-unsaturated/α-hetero) is 1. The second-order valence-corrected chi connectivity index (χ2v) is 21.6. The lowest BCUT2D eigenvalue weighted by molar-refractivity contribution is 0.104. The van der Waals surface area contributed by atoms with Gasteiger partial charge in [0, 0.05) is 27.5 Å². The van der Waals surface area contributed by atoms with Crippen LogP contribution in [-0.4, -0.2) is 24.8 Å². The Morgan fingerprint density at radius 3 is 1.18 bits per heavy atom. The summed E-state index contributed by atoms with van der Waals surface area (Å²) in [7, 11) is 0. The Bertz CT molecular complexity index is 2330. The standard InChI is InChI=1S/C64H88O4/c1-11-13-15-17-19-21-23-25-27-29-35-67-48-38-53(43(3)4)61(54(39-48)44(5)6)57-42-59(65)51-33-34-52-60-47(31-32-50(57)63(51)60)37-58(64(52)66)62-55(45(7)8)40-49(41-56(62)46(9)10)68-36-30-28-26-24-22-20-18-16-14-12-2/h31-34,37-46H,11-30,35-36H2,1-10H3. The van der Waals surface area contributed by atoms with Gasteiger partial charge in [-0.25, -0.2) is 0 Å². The maximum atomic E-state index is 15.1. The molecule has 0 unspecified atom stereocenters. The van der Waals surface area contributed by atoms with Crippen molar-refractivity contribution in [1.29, 1.82) is 0 Å². The third kappa shape index (κ3) is 13.0. The third-order valence-electron chi connectivity index (χ3n) is 14.7. The minimum absolute atomic E-state index is 0.0123. The van der Waals surface area contributed by atoms with E-state index in [-0.39, 0.29) is 35.2 Å². The Balaban J connectivity index is 1.26. The quantitative estimate of drug-likeness (QED) is 0.0489. The Labute approximate surface area is 413 Å². The topological polar surface area (TPSA) is 52.6 Å². The third-order valence-corrected chi connectivity index (χ3v) is 14.7. The minimum atomic E-state index is -0.0123. The van der Waals surface area contributed by atoms with Crippen molar-refractivity contribution in [3.8, 4) is 11.5 Å². The predicted octanol–water partition coefficient (Wildman–Crippen LogP) is 19.3. The van der Waals surface area contributed by atoms with E-state index in [1.165, 1.54) is 127 Å². The molecule has 0 N–H and O–H groups in total. The number of ether oxygens (including phenoxy) is 2. The van der Waals surface area contributed by atoms with Gasteiger partial charge in [0.15, 0.2) is 11.6 Å². The Morgan fingerprint density at radius 2 is 0.765 bits per heavy atom. The highest BCUT2D eigenvalue weighted by Gasteiger charge is 2.33. The van der Waals surface area contributed by atoms with Gasteiger partial charge < -0.3 is 9.47 Å². The first-order valence-corrected chi connectivity index (χ1v) is 27.6. The number of ketones is 2. The van der Waals surface area contributed by atoms with Crippen LogP contribution in [0.15, 0.2) is 54.6 Å². The molecule has 0 aliphatic heterocycles. The zero-order valence-corrected chi connectivity index (χ0v) is 44.3. The van der Waals surface area contributed by atoms with E-state index in [1.54, 1.807) is 0 Å². The van der Waals surface area contributed by atoms with Gasteiger partial charge in [-0.05, 0) is 135 Å². The van der Waals surface area contributed by atoms with Crippen LogP contribution < -0.4 is 9.47 Å². The van der Waals surface area contributed by atoms with Gasteiger partial charge >= 0.3 is 0 Å². The predicted molar refractivity (Wildman–Crippen MR) is 291 cm³/mol. The number of unbranched alkanes of at least 4 members (excludes halogenated alkanes) is 18. The van der Waals surface area contributed by atoms with Gasteiger partial charge in [0.25, 0.3) is 0 Å². The number of allylic oxidation sites excluding steroid dienone is 2. The van der Waals surface area contributed by atoms with Crippen molar-refractivity contribution in [3.63, 3.8) is 0 Å². The van der Waals surface area contributed by atoms with Crippen molar-refractivity contribution >= 4 is 39.6 Å². The van der Waals surface area contributed by atoms with Gasteiger partial charge in [-0.2, -0.15) is 0 Å². The molecule has 68 heavy (non-hydrogen) atoms. The summed E-state index contributed by atoms with van der Waals surface area (Å²) in [4.78, 5) is 29.5. The van der Waals surface area contributed by atoms with Crippen molar-refractivity contribution in [2.45, 2.75) is 221 Å². The van der Waals surface area contributed by atoms with E-state index in [9.17, 15) is 4.79 Å². The first-order chi connectivity index (χ1) is 32.9. The highest BCUT2D eigenvalue weighted by Crippen LogP contribution is 2.48. The number of carbonyl (C=O) groups is 2. The van der Waals surface area contributed by atoms with Crippen LogP contribution in [0.25, 0.3) is 28.0 Å². The van der Waals surface area contributed by atoms with Crippen LogP contribution >= 0.6 is 0 Å². The van der Waals surface area contributed by atoms with Gasteiger partial charge in [-0.3, -0.25) is 9.59 Å². The molecule has 2 aliphatic carbocycles. The van der Waals surface area contributed by atoms with Crippen LogP contribution in [0.2, 0.25) is 0 Å². The van der Waals surface area contributed by atoms with Crippen LogP contribution in [0.4, 0.5) is 0 Å². The molecule has 0 aromatic heterocycles. The molecule has 0 saturated carbocycles. The van der Waals surface area contributed by atoms with E-state index >= 15 is 4.79 Å². The molecule has 0 radical (unpaired) electrons. The van der Waals surface area contributed by atoms with Crippen LogP contribution in [0.1, 0.15) is 287 Å². The van der Waals surface area contributed by atoms with Crippen molar-refractivity contribution in [2.75, 3.05) is 13.2 Å². The smallest absolute Gasteiger partial charge is 0.194 e. The van der Waals surface area contributed by atoms with E-state index in [1.807, 2.05) is 18.2 Å². The Kier molecular flexibility index (Phi) is 20.2. The summed E-state index contributed by atoms with van der Waals surface area (Å²) in [6.07, 6.45) is 29.9. The molecular weight excluding hydrogens is 833 g/mol. The molecular formula is C64H88O4. The van der Waals surface area contributed by atoms with Crippen LogP contribution in [0.3, 0.4) is 0 Å². The fourth-order valence-corrected chi connectivity index (χ4v) is 10.8. The lowest BCUT2D eigenvalue weighted by Crippen LogP contribution is -2.16. The molecule has 2 aliphatic rings. The van der Waals surface area contributed by atoms with Crippen LogP contribution in [0.5, 0.6) is 11.5 Å². The first-order valence-electron chi connectivity index (χ1n) is 27.6. The highest BCUT2D eigenvalue weighted by molar-refractivity contribution is 6.41. The molecule has 0 saturated heterocycles. The fraction of sp³-hybridized carbons (Fsp3) is 0.562. The van der Waals surface area contributed by atoms with Gasteiger partial charge in [-0.15, -0.1) is 0 Å². The van der Waals surface area contributed by atoms with Crippen molar-refractivity contribution in [3.05, 3.63) is 110 Å². The fourth-order valence-electron chi connectivity index (χ4n) is 10.8. The Hall–Kier alpha value is -4.44. The number of benzene rings is 4. The molecule has 4 aromatic carbocycles. The second kappa shape index (κ2) is 26.0. The molecule has 4 nitrogen and oxygen atoms in total. The van der Waals surface area contributed by atoms with E-state index < -0.39 is 0 Å². The van der Waals surface area contributed by atoms with E-state index in [4.69, 9.17) is 9.47 Å². The van der Waals surface area contributed by atoms with Gasteiger partial charge in [0.1, 0.15) is 11.5 Å². The highest BCUT2D eigenvalue weighted by atomic mass is 16.5. The molecule has 0 atom stereocenters. The lowest BCUT2D eigenvalue weighted by Gasteiger charge is -2.29. The van der Waals surface area contributed by atoms with E-state index in [2.05, 4.69) is 112 Å². The molecule has 0 heterocycles. The minimum Gasteiger partial charge on any atom is -0.494 e. The summed E-state index contributed by atoms with van der Waals surface area (Å²) >= 11 is 0. The maximum absolute atomic E-state index is 15.1. The molecule has 6 rings (SSSR count). The zero-order chi connectivity index (χ0) is 48.7. The summed E-state index contributed by atoms with van der Waals surface area (Å²) in [5, 5.41) is 1.77. The van der Waals surface area contributed by atoms with E-state index in [0.29, 0.717) is 24.3 Å². The molecule has 0 fully saturated rings. The average Bonchev–Trinajstić information content (AvgIpc) is 3.32. The molecule has 0 spiro atoms. The van der Waals surface area contributed by atoms with Crippen molar-refractivity contribution in [1.82, 2.24) is 0 Å². The average molecular weight is 921 g/mol. The van der Waals surface area contributed by atoms with Gasteiger partial charge in [0.2, 0.25) is 0 Å². The number of hydrogen-bond donors (Lipinski definition) is 0. The first kappa shape index (κ1) is 52.9. The lowest BCUT2D eigenvalue weighted by atomic mass is 9.74. The number of hydrogen-bond acceptors (Lipinski definition) is 4. The molecule has 4 heteroatoms. The zero-order valence-electron chi connectivity index (χ0n) is 44.3. The molecule has 4 aromatic rings. The van der Waals surface area contributed by atoms with Crippen molar-refractivity contribution in [2.24, 2.45) is 0 Å². The summed E-state index contributed by atoms with van der Waals surface area (Å²) in [6.45, 7) is 23.8. The molecule has 368 valence electrons. The summed E-state index contributed by atoms with van der Waals surface area (Å²) in [5.41, 5.74) is 11.8. The molecule has 0 bridgehead atoms. The SMILES string of the molecule is CCCCCCCCCCCCOc1cc(C(C)C)c(C2=Cc3ccc4c5c(ccc(c35)C2=O)C(=O)C=C4c2c(C(C)C)cc(OCCCCCCCCCCCC)cc2C(C)C)c(C(C)C)c1. The second-order valence-electron chi connectivity index (χ2n) is 21.6. The van der Waals surface area contributed by atoms with Crippen LogP contribution in [0, 0.1) is 0 Å². The number of rotatable bonds is 30. The normalized spacial score (nSPS) is 13.4. The number of carbonyl (C=O) groups excluding carboxylic acids is 2. The summed E-state index contributed by atoms with van der Waals surface area (Å²) in [5.74, 6) is 2.58. The maximum Gasteiger partial charge on any atom is 0.194 e. The van der Waals surface area contributed by atoms with E-state index in [0.717, 1.165) is 79.6 Å². The van der Waals surface area contributed by atoms with Gasteiger partial charge in [-0.1, -0.05) is 197 Å².